The summed E-state index contributed by atoms with van der Waals surface area (Å²) in [6, 6.07) is 5.40. The van der Waals surface area contributed by atoms with E-state index in [1.807, 2.05) is 17.5 Å². The van der Waals surface area contributed by atoms with Gasteiger partial charge in [0.1, 0.15) is 5.69 Å². The molecule has 3 heterocycles. The second kappa shape index (κ2) is 7.54. The van der Waals surface area contributed by atoms with Crippen LogP contribution in [0.2, 0.25) is 0 Å². The van der Waals surface area contributed by atoms with E-state index >= 15 is 0 Å². The summed E-state index contributed by atoms with van der Waals surface area (Å²) in [5.74, 6) is 0.813. The number of nitrogens with zero attached hydrogens (tertiary/aromatic N) is 2. The smallest absolute Gasteiger partial charge is 0.271 e. The standard InChI is InChI=1S/C15H13BrN4O3S/c16-9-7-10(15(22)17-8-9)18-12(21)4-1-5-13-19-14(20-23-13)11-3-2-6-24-11/h2-3,6-8H,1,4-5H2,(H,17,22)(H,18,21). The number of H-pyrrole nitrogens is 1. The quantitative estimate of drug-likeness (QED) is 0.651. The third-order valence-corrected chi connectivity index (χ3v) is 4.47. The van der Waals surface area contributed by atoms with Crippen molar-refractivity contribution in [1.82, 2.24) is 15.1 Å². The van der Waals surface area contributed by atoms with Crippen LogP contribution in [-0.4, -0.2) is 21.0 Å². The SMILES string of the molecule is O=C(CCCc1nc(-c2cccs2)no1)Nc1cc(Br)c[nH]c1=O. The van der Waals surface area contributed by atoms with E-state index in [0.717, 1.165) is 4.88 Å². The summed E-state index contributed by atoms with van der Waals surface area (Å²) in [4.78, 5) is 31.3. The predicted molar refractivity (Wildman–Crippen MR) is 93.9 cm³/mol. The number of hydrogen-bond donors (Lipinski definition) is 2. The van der Waals surface area contributed by atoms with Crippen molar-refractivity contribution in [2.75, 3.05) is 5.32 Å². The van der Waals surface area contributed by atoms with Gasteiger partial charge >= 0.3 is 0 Å². The minimum Gasteiger partial charge on any atom is -0.339 e. The first-order chi connectivity index (χ1) is 11.6. The molecule has 9 heteroatoms. The number of pyridine rings is 1. The lowest BCUT2D eigenvalue weighted by Crippen LogP contribution is -2.19. The highest BCUT2D eigenvalue weighted by Gasteiger charge is 2.11. The van der Waals surface area contributed by atoms with Crippen LogP contribution in [-0.2, 0) is 11.2 Å². The van der Waals surface area contributed by atoms with Crippen LogP contribution >= 0.6 is 27.3 Å². The zero-order valence-electron chi connectivity index (χ0n) is 12.4. The van der Waals surface area contributed by atoms with E-state index in [9.17, 15) is 9.59 Å². The molecular weight excluding hydrogens is 396 g/mol. The minimum absolute atomic E-state index is 0.215. The second-order valence-corrected chi connectivity index (χ2v) is 6.81. The third kappa shape index (κ3) is 4.18. The van der Waals surface area contributed by atoms with Crippen molar-refractivity contribution in [3.05, 3.63) is 50.5 Å². The van der Waals surface area contributed by atoms with Gasteiger partial charge in [0.05, 0.1) is 4.88 Å². The molecule has 3 aromatic rings. The maximum absolute atomic E-state index is 11.9. The Bertz CT molecular complexity index is 888. The molecule has 0 aliphatic rings. The van der Waals surface area contributed by atoms with Gasteiger partial charge in [-0.1, -0.05) is 11.2 Å². The molecule has 0 fully saturated rings. The Morgan fingerprint density at radius 3 is 3.12 bits per heavy atom. The summed E-state index contributed by atoms with van der Waals surface area (Å²) in [6.45, 7) is 0. The monoisotopic (exact) mass is 408 g/mol. The Morgan fingerprint density at radius 1 is 1.46 bits per heavy atom. The number of aromatic nitrogens is 3. The number of carbonyl (C=O) groups excluding carboxylic acids is 1. The Balaban J connectivity index is 1.50. The highest BCUT2D eigenvalue weighted by Crippen LogP contribution is 2.21. The maximum Gasteiger partial charge on any atom is 0.271 e. The van der Waals surface area contributed by atoms with Crippen LogP contribution in [0.5, 0.6) is 0 Å². The second-order valence-electron chi connectivity index (χ2n) is 4.95. The molecule has 124 valence electrons. The van der Waals surface area contributed by atoms with Gasteiger partial charge in [0.2, 0.25) is 17.6 Å². The van der Waals surface area contributed by atoms with Crippen molar-refractivity contribution in [2.45, 2.75) is 19.3 Å². The fourth-order valence-electron chi connectivity index (χ4n) is 2.03. The Morgan fingerprint density at radius 2 is 2.33 bits per heavy atom. The van der Waals surface area contributed by atoms with Gasteiger partial charge in [-0.2, -0.15) is 4.98 Å². The number of amides is 1. The van der Waals surface area contributed by atoms with Gasteiger partial charge < -0.3 is 14.8 Å². The van der Waals surface area contributed by atoms with Crippen LogP contribution < -0.4 is 10.9 Å². The fraction of sp³-hybridized carbons (Fsp3) is 0.200. The van der Waals surface area contributed by atoms with Crippen molar-refractivity contribution in [3.8, 4) is 10.7 Å². The molecule has 3 aromatic heterocycles. The number of anilines is 1. The highest BCUT2D eigenvalue weighted by molar-refractivity contribution is 9.10. The first kappa shape index (κ1) is 16.6. The molecule has 24 heavy (non-hydrogen) atoms. The number of rotatable bonds is 6. The van der Waals surface area contributed by atoms with Crippen molar-refractivity contribution in [1.29, 1.82) is 0 Å². The lowest BCUT2D eigenvalue weighted by atomic mass is 10.2. The van der Waals surface area contributed by atoms with E-state index in [2.05, 4.69) is 36.4 Å². The van der Waals surface area contributed by atoms with E-state index in [0.29, 0.717) is 29.0 Å². The van der Waals surface area contributed by atoms with Crippen molar-refractivity contribution in [2.24, 2.45) is 0 Å². The number of hydrogen-bond acceptors (Lipinski definition) is 6. The van der Waals surface area contributed by atoms with Crippen LogP contribution in [0, 0.1) is 0 Å². The molecule has 0 saturated heterocycles. The molecule has 3 rings (SSSR count). The van der Waals surface area contributed by atoms with Crippen LogP contribution in [0.3, 0.4) is 0 Å². The van der Waals surface area contributed by atoms with Crippen LogP contribution in [0.25, 0.3) is 10.7 Å². The number of nitrogens with one attached hydrogen (secondary N) is 2. The van der Waals surface area contributed by atoms with Crippen molar-refractivity contribution >= 4 is 38.9 Å². The van der Waals surface area contributed by atoms with Gasteiger partial charge in [0.15, 0.2) is 0 Å². The van der Waals surface area contributed by atoms with E-state index in [1.165, 1.54) is 17.5 Å². The molecule has 0 saturated carbocycles. The largest absolute Gasteiger partial charge is 0.339 e. The predicted octanol–water partition coefficient (Wildman–Crippen LogP) is 3.21. The molecule has 0 unspecified atom stereocenters. The highest BCUT2D eigenvalue weighted by atomic mass is 79.9. The normalized spacial score (nSPS) is 10.7. The molecule has 0 bridgehead atoms. The van der Waals surface area contributed by atoms with Gasteiger partial charge in [0.25, 0.3) is 5.56 Å². The van der Waals surface area contributed by atoms with Crippen molar-refractivity contribution in [3.63, 3.8) is 0 Å². The van der Waals surface area contributed by atoms with Crippen LogP contribution in [0.4, 0.5) is 5.69 Å². The first-order valence-corrected chi connectivity index (χ1v) is 8.83. The molecule has 0 aromatic carbocycles. The zero-order valence-corrected chi connectivity index (χ0v) is 14.8. The molecule has 1 amide bonds. The summed E-state index contributed by atoms with van der Waals surface area (Å²) in [6.07, 6.45) is 2.81. The maximum atomic E-state index is 11.9. The van der Waals surface area contributed by atoms with E-state index in [4.69, 9.17) is 4.52 Å². The third-order valence-electron chi connectivity index (χ3n) is 3.15. The summed E-state index contributed by atoms with van der Waals surface area (Å²) >= 11 is 4.78. The van der Waals surface area contributed by atoms with Gasteiger partial charge in [-0.15, -0.1) is 11.3 Å². The van der Waals surface area contributed by atoms with Crippen LogP contribution in [0.1, 0.15) is 18.7 Å². The Kier molecular flexibility index (Phi) is 5.21. The van der Waals surface area contributed by atoms with Gasteiger partial charge in [-0.25, -0.2) is 0 Å². The molecule has 2 N–H and O–H groups in total. The lowest BCUT2D eigenvalue weighted by Gasteiger charge is -2.03. The summed E-state index contributed by atoms with van der Waals surface area (Å²) in [7, 11) is 0. The number of aryl methyl sites for hydroxylation is 1. The van der Waals surface area contributed by atoms with Gasteiger partial charge in [-0.05, 0) is 39.9 Å². The topological polar surface area (TPSA) is 101 Å². The summed E-state index contributed by atoms with van der Waals surface area (Å²) in [5.41, 5.74) is -0.129. The van der Waals surface area contributed by atoms with E-state index < -0.39 is 0 Å². The molecule has 0 spiro atoms. The molecule has 0 aliphatic carbocycles. The fourth-order valence-corrected chi connectivity index (χ4v) is 3.02. The van der Waals surface area contributed by atoms with Gasteiger partial charge in [0, 0.05) is 23.5 Å². The molecule has 0 atom stereocenters. The molecule has 0 radical (unpaired) electrons. The summed E-state index contributed by atoms with van der Waals surface area (Å²) in [5, 5.41) is 8.45. The average molecular weight is 409 g/mol. The van der Waals surface area contributed by atoms with Gasteiger partial charge in [-0.3, -0.25) is 9.59 Å². The molecule has 0 aliphatic heterocycles. The minimum atomic E-state index is -0.343. The van der Waals surface area contributed by atoms with E-state index in [1.54, 1.807) is 6.07 Å². The van der Waals surface area contributed by atoms with Crippen LogP contribution in [0.15, 0.2) is 43.6 Å². The lowest BCUT2D eigenvalue weighted by molar-refractivity contribution is -0.116. The van der Waals surface area contributed by atoms with Crippen molar-refractivity contribution < 1.29 is 9.32 Å². The number of halogens is 1. The number of thiophene rings is 1. The molecule has 7 nitrogen and oxygen atoms in total. The first-order valence-electron chi connectivity index (χ1n) is 7.16. The average Bonchev–Trinajstić information content (AvgIpc) is 3.22. The Labute approximate surface area is 149 Å². The number of carbonyl (C=O) groups is 1. The Hall–Kier alpha value is -2.26. The van der Waals surface area contributed by atoms with E-state index in [-0.39, 0.29) is 23.6 Å². The summed E-state index contributed by atoms with van der Waals surface area (Å²) < 4.78 is 5.86. The molecular formula is C15H13BrN4O3S. The zero-order chi connectivity index (χ0) is 16.9. The number of aromatic amines is 1.